The second kappa shape index (κ2) is 53.3. The number of carbonyl (C=O) groups is 1. The summed E-state index contributed by atoms with van der Waals surface area (Å²) in [6.07, 6.45) is 62.4. The van der Waals surface area contributed by atoms with E-state index in [9.17, 15) is 4.79 Å². The van der Waals surface area contributed by atoms with E-state index in [0.29, 0.717) is 19.6 Å². The molecule has 0 aliphatic rings. The van der Waals surface area contributed by atoms with Gasteiger partial charge in [0.15, 0.2) is 0 Å². The number of unbranched alkanes of at least 4 members (excludes halogenated alkanes) is 39. The fourth-order valence-electron chi connectivity index (χ4n) is 8.28. The average Bonchev–Trinajstić information content (AvgIpc) is 3.24. The summed E-state index contributed by atoms with van der Waals surface area (Å²) < 4.78 is 18.1. The molecule has 0 radical (unpaired) electrons. The van der Waals surface area contributed by atoms with E-state index in [4.69, 9.17) is 14.2 Å². The van der Waals surface area contributed by atoms with Crippen LogP contribution in [0.1, 0.15) is 303 Å². The molecule has 0 bridgehead atoms. The van der Waals surface area contributed by atoms with Gasteiger partial charge in [-0.15, -0.1) is 0 Å². The minimum atomic E-state index is -0.293. The first-order valence-corrected chi connectivity index (χ1v) is 27.2. The minimum Gasteiger partial charge on any atom is -0.457 e. The van der Waals surface area contributed by atoms with Gasteiger partial charge < -0.3 is 14.2 Å². The van der Waals surface area contributed by atoms with Gasteiger partial charge in [-0.2, -0.15) is 0 Å². The molecule has 0 aromatic carbocycles. The van der Waals surface area contributed by atoms with Gasteiger partial charge in [-0.1, -0.05) is 264 Å². The average molecular weight is 833 g/mol. The second-order valence-corrected chi connectivity index (χ2v) is 18.5. The van der Waals surface area contributed by atoms with Crippen molar-refractivity contribution >= 4 is 5.97 Å². The predicted octanol–water partition coefficient (Wildman–Crippen LogP) is 18.7. The molecule has 0 saturated carbocycles. The first-order chi connectivity index (χ1) is 29.2. The van der Waals surface area contributed by atoms with Gasteiger partial charge in [0, 0.05) is 19.6 Å². The highest BCUT2D eigenvalue weighted by Gasteiger charge is 2.15. The zero-order chi connectivity index (χ0) is 42.6. The van der Waals surface area contributed by atoms with Crippen molar-refractivity contribution in [2.24, 2.45) is 0 Å². The number of hydrogen-bond donors (Lipinski definition) is 0. The minimum absolute atomic E-state index is 0.0845. The van der Waals surface area contributed by atoms with Crippen molar-refractivity contribution in [2.75, 3.05) is 26.4 Å². The molecular formula is C55H108O4. The van der Waals surface area contributed by atoms with Crippen LogP contribution in [0.25, 0.3) is 0 Å². The lowest BCUT2D eigenvalue weighted by Crippen LogP contribution is -2.29. The molecule has 0 fully saturated rings. The Morgan fingerprint density at radius 1 is 0.339 bits per heavy atom. The molecule has 0 aliphatic carbocycles. The highest BCUT2D eigenvalue weighted by Crippen LogP contribution is 2.16. The second-order valence-electron chi connectivity index (χ2n) is 18.5. The van der Waals surface area contributed by atoms with Crippen LogP contribution in [0.3, 0.4) is 0 Å². The van der Waals surface area contributed by atoms with Gasteiger partial charge in [-0.3, -0.25) is 4.79 Å². The molecule has 4 nitrogen and oxygen atoms in total. The van der Waals surface area contributed by atoms with Crippen molar-refractivity contribution < 1.29 is 19.0 Å². The smallest absolute Gasteiger partial charge is 0.306 e. The molecule has 0 N–H and O–H groups in total. The molecule has 0 spiro atoms. The Bertz CT molecular complexity index is 796. The Balaban J connectivity index is 4.10. The summed E-state index contributed by atoms with van der Waals surface area (Å²) in [5, 5.41) is 0. The summed E-state index contributed by atoms with van der Waals surface area (Å²) in [5.74, 6) is -0.0845. The summed E-state index contributed by atoms with van der Waals surface area (Å²) in [5.41, 5.74) is 0. The van der Waals surface area contributed by atoms with E-state index < -0.39 is 0 Å². The van der Waals surface area contributed by atoms with Gasteiger partial charge in [-0.25, -0.2) is 0 Å². The molecule has 0 aromatic heterocycles. The molecule has 0 amide bonds. The number of ether oxygens (including phenoxy) is 3. The van der Waals surface area contributed by atoms with Gasteiger partial charge >= 0.3 is 5.97 Å². The molecule has 0 aliphatic heterocycles. The van der Waals surface area contributed by atoms with Crippen molar-refractivity contribution in [1.82, 2.24) is 0 Å². The van der Waals surface area contributed by atoms with Crippen molar-refractivity contribution in [2.45, 2.75) is 309 Å². The molecule has 59 heavy (non-hydrogen) atoms. The van der Waals surface area contributed by atoms with Gasteiger partial charge in [0.1, 0.15) is 6.10 Å². The Morgan fingerprint density at radius 3 is 0.898 bits per heavy atom. The summed E-state index contributed by atoms with van der Waals surface area (Å²) in [7, 11) is 0. The molecule has 0 rings (SSSR count). The quantitative estimate of drug-likeness (QED) is 0.0348. The standard InChI is InChI=1S/C55H108O4/c1-4-7-10-13-16-19-22-25-28-30-33-36-39-42-45-48-51-58-53-54(52-57-50-47-44-41-38-35-32-27-24-21-18-15-12-9-6-3)59-55(56)49-46-43-40-37-34-31-29-26-23-20-17-14-11-8-5-2/h26,29,54H,4-25,27-28,30-53H2,1-3H3/b29-26-. The van der Waals surface area contributed by atoms with Gasteiger partial charge in [0.25, 0.3) is 0 Å². The van der Waals surface area contributed by atoms with Crippen LogP contribution in [0, 0.1) is 0 Å². The molecule has 4 heteroatoms. The first-order valence-electron chi connectivity index (χ1n) is 27.2. The fraction of sp³-hybridized carbons (Fsp3) is 0.945. The highest BCUT2D eigenvalue weighted by molar-refractivity contribution is 5.69. The molecule has 1 atom stereocenters. The van der Waals surface area contributed by atoms with E-state index in [1.54, 1.807) is 0 Å². The van der Waals surface area contributed by atoms with Crippen molar-refractivity contribution in [1.29, 1.82) is 0 Å². The SMILES string of the molecule is CCCCCCCC/C=C\CCCCCCCC(=O)OC(COCCCCCCCCCCCCCCCC)COCCCCCCCCCCCCCCCCCC. The zero-order valence-corrected chi connectivity index (χ0v) is 40.8. The van der Waals surface area contributed by atoms with E-state index in [1.807, 2.05) is 0 Å². The number of allylic oxidation sites excluding steroid dienone is 2. The van der Waals surface area contributed by atoms with Crippen LogP contribution in [0.4, 0.5) is 0 Å². The summed E-state index contributed by atoms with van der Waals surface area (Å²) in [4.78, 5) is 12.8. The van der Waals surface area contributed by atoms with Gasteiger partial charge in [0.05, 0.1) is 13.2 Å². The normalized spacial score (nSPS) is 12.3. The van der Waals surface area contributed by atoms with E-state index in [1.165, 1.54) is 250 Å². The molecule has 352 valence electrons. The van der Waals surface area contributed by atoms with Crippen LogP contribution in [0.2, 0.25) is 0 Å². The van der Waals surface area contributed by atoms with E-state index in [2.05, 4.69) is 32.9 Å². The Kier molecular flexibility index (Phi) is 52.5. The summed E-state index contributed by atoms with van der Waals surface area (Å²) in [6.45, 7) is 9.28. The van der Waals surface area contributed by atoms with Crippen LogP contribution in [-0.2, 0) is 19.0 Å². The van der Waals surface area contributed by atoms with Crippen LogP contribution in [0.5, 0.6) is 0 Å². The van der Waals surface area contributed by atoms with E-state index in [-0.39, 0.29) is 12.1 Å². The Labute approximate surface area is 371 Å². The number of hydrogen-bond acceptors (Lipinski definition) is 4. The number of esters is 1. The summed E-state index contributed by atoms with van der Waals surface area (Å²) >= 11 is 0. The Hall–Kier alpha value is -0.870. The molecule has 0 heterocycles. The third-order valence-electron chi connectivity index (χ3n) is 12.3. The van der Waals surface area contributed by atoms with Crippen molar-refractivity contribution in [3.05, 3.63) is 12.2 Å². The molecule has 0 saturated heterocycles. The summed E-state index contributed by atoms with van der Waals surface area (Å²) in [6, 6.07) is 0. The first kappa shape index (κ1) is 58.1. The number of carbonyl (C=O) groups excluding carboxylic acids is 1. The third kappa shape index (κ3) is 51.4. The Morgan fingerprint density at radius 2 is 0.593 bits per heavy atom. The third-order valence-corrected chi connectivity index (χ3v) is 12.3. The monoisotopic (exact) mass is 833 g/mol. The largest absolute Gasteiger partial charge is 0.457 e. The lowest BCUT2D eigenvalue weighted by Gasteiger charge is -2.18. The molecule has 0 aromatic rings. The van der Waals surface area contributed by atoms with Crippen LogP contribution in [-0.4, -0.2) is 38.5 Å². The van der Waals surface area contributed by atoms with Crippen molar-refractivity contribution in [3.63, 3.8) is 0 Å². The van der Waals surface area contributed by atoms with Gasteiger partial charge in [0.2, 0.25) is 0 Å². The van der Waals surface area contributed by atoms with E-state index in [0.717, 1.165) is 38.9 Å². The van der Waals surface area contributed by atoms with Crippen LogP contribution >= 0.6 is 0 Å². The van der Waals surface area contributed by atoms with Crippen molar-refractivity contribution in [3.8, 4) is 0 Å². The van der Waals surface area contributed by atoms with E-state index >= 15 is 0 Å². The zero-order valence-electron chi connectivity index (χ0n) is 40.8. The lowest BCUT2D eigenvalue weighted by molar-refractivity contribution is -0.156. The van der Waals surface area contributed by atoms with Crippen LogP contribution < -0.4 is 0 Å². The lowest BCUT2D eigenvalue weighted by atomic mass is 10.0. The highest BCUT2D eigenvalue weighted by atomic mass is 16.6. The van der Waals surface area contributed by atoms with Crippen LogP contribution in [0.15, 0.2) is 12.2 Å². The van der Waals surface area contributed by atoms with Gasteiger partial charge in [-0.05, 0) is 44.9 Å². The maximum Gasteiger partial charge on any atom is 0.306 e. The maximum atomic E-state index is 12.8. The molecular weight excluding hydrogens is 725 g/mol. The fourth-order valence-corrected chi connectivity index (χ4v) is 8.28. The predicted molar refractivity (Wildman–Crippen MR) is 261 cm³/mol. The maximum absolute atomic E-state index is 12.8. The molecule has 1 unspecified atom stereocenters. The number of rotatable bonds is 52. The topological polar surface area (TPSA) is 44.8 Å².